The minimum absolute atomic E-state index is 0.346. The number of ether oxygens (including phenoxy) is 1. The molecule has 0 fully saturated rings. The van der Waals surface area contributed by atoms with Crippen LogP contribution in [0.15, 0.2) is 16.7 Å². The summed E-state index contributed by atoms with van der Waals surface area (Å²) in [5.74, 6) is 0.106. The highest BCUT2D eigenvalue weighted by Crippen LogP contribution is 2.22. The van der Waals surface area contributed by atoms with Gasteiger partial charge in [0.05, 0.1) is 0 Å². The maximum absolute atomic E-state index is 10.6. The van der Waals surface area contributed by atoms with E-state index in [1.54, 1.807) is 12.1 Å². The van der Waals surface area contributed by atoms with Gasteiger partial charge in [-0.05, 0) is 35.0 Å². The van der Waals surface area contributed by atoms with Crippen LogP contribution in [0.2, 0.25) is 0 Å². The molecule has 0 saturated heterocycles. The summed E-state index contributed by atoms with van der Waals surface area (Å²) in [6.07, 6.45) is 0. The minimum atomic E-state index is -0.346. The number of aryl methyl sites for hydroxylation is 1. The molecule has 12 heavy (non-hydrogen) atoms. The maximum atomic E-state index is 10.6. The number of carbonyl (C=O) groups excluding carboxylic acids is 1. The zero-order valence-electron chi connectivity index (χ0n) is 6.80. The van der Waals surface area contributed by atoms with Gasteiger partial charge in [0, 0.05) is 12.6 Å². The van der Waals surface area contributed by atoms with Crippen LogP contribution in [0.25, 0.3) is 0 Å². The Morgan fingerprint density at radius 3 is 2.75 bits per heavy atom. The second kappa shape index (κ2) is 3.67. The molecular weight excluding hydrogens is 222 g/mol. The van der Waals surface area contributed by atoms with E-state index in [0.29, 0.717) is 10.4 Å². The fourth-order valence-corrected chi connectivity index (χ4v) is 1.24. The van der Waals surface area contributed by atoms with E-state index >= 15 is 0 Å². The lowest BCUT2D eigenvalue weighted by Gasteiger charge is -2.02. The molecule has 1 aromatic rings. The van der Waals surface area contributed by atoms with Gasteiger partial charge in [-0.1, -0.05) is 0 Å². The SMILES string of the molecule is CC(=O)Oc1ccc(C)nc1Br. The molecule has 4 heteroatoms. The molecule has 0 aromatic carbocycles. The van der Waals surface area contributed by atoms with E-state index in [2.05, 4.69) is 20.9 Å². The molecule has 0 unspecified atom stereocenters. The van der Waals surface area contributed by atoms with E-state index in [0.717, 1.165) is 5.69 Å². The molecule has 0 amide bonds. The highest BCUT2D eigenvalue weighted by Gasteiger charge is 2.04. The number of hydrogen-bond acceptors (Lipinski definition) is 3. The third-order valence-corrected chi connectivity index (χ3v) is 1.78. The van der Waals surface area contributed by atoms with E-state index in [-0.39, 0.29) is 5.97 Å². The van der Waals surface area contributed by atoms with Crippen LogP contribution in [0.5, 0.6) is 5.75 Å². The number of pyridine rings is 1. The smallest absolute Gasteiger partial charge is 0.308 e. The standard InChI is InChI=1S/C8H8BrNO2/c1-5-3-4-7(8(9)10-5)12-6(2)11/h3-4H,1-2H3. The summed E-state index contributed by atoms with van der Waals surface area (Å²) in [6, 6.07) is 3.48. The number of hydrogen-bond donors (Lipinski definition) is 0. The van der Waals surface area contributed by atoms with Crippen LogP contribution in [-0.2, 0) is 4.79 Å². The Morgan fingerprint density at radius 2 is 2.25 bits per heavy atom. The Morgan fingerprint density at radius 1 is 1.58 bits per heavy atom. The molecule has 1 rings (SSSR count). The highest BCUT2D eigenvalue weighted by molar-refractivity contribution is 9.10. The van der Waals surface area contributed by atoms with Crippen molar-refractivity contribution in [2.45, 2.75) is 13.8 Å². The van der Waals surface area contributed by atoms with Crippen molar-refractivity contribution in [2.24, 2.45) is 0 Å². The Bertz CT molecular complexity index is 312. The number of aromatic nitrogens is 1. The van der Waals surface area contributed by atoms with Crippen LogP contribution in [0.1, 0.15) is 12.6 Å². The summed E-state index contributed by atoms with van der Waals surface area (Å²) >= 11 is 3.19. The summed E-state index contributed by atoms with van der Waals surface area (Å²) < 4.78 is 5.41. The Kier molecular flexibility index (Phi) is 2.81. The lowest BCUT2D eigenvalue weighted by atomic mass is 10.4. The van der Waals surface area contributed by atoms with E-state index < -0.39 is 0 Å². The van der Waals surface area contributed by atoms with Crippen molar-refractivity contribution >= 4 is 21.9 Å². The van der Waals surface area contributed by atoms with Crippen LogP contribution in [0, 0.1) is 6.92 Å². The normalized spacial score (nSPS) is 9.58. The van der Waals surface area contributed by atoms with Gasteiger partial charge >= 0.3 is 5.97 Å². The summed E-state index contributed by atoms with van der Waals surface area (Å²) in [5.41, 5.74) is 0.873. The third-order valence-electron chi connectivity index (χ3n) is 1.21. The van der Waals surface area contributed by atoms with Gasteiger partial charge < -0.3 is 4.74 Å². The molecule has 0 spiro atoms. The molecule has 0 aliphatic heterocycles. The highest BCUT2D eigenvalue weighted by atomic mass is 79.9. The summed E-state index contributed by atoms with van der Waals surface area (Å²) in [6.45, 7) is 3.22. The van der Waals surface area contributed by atoms with Gasteiger partial charge in [-0.15, -0.1) is 0 Å². The number of nitrogens with zero attached hydrogens (tertiary/aromatic N) is 1. The van der Waals surface area contributed by atoms with Gasteiger partial charge in [-0.25, -0.2) is 4.98 Å². The molecule has 64 valence electrons. The monoisotopic (exact) mass is 229 g/mol. The average molecular weight is 230 g/mol. The Hall–Kier alpha value is -0.900. The lowest BCUT2D eigenvalue weighted by molar-refractivity contribution is -0.131. The van der Waals surface area contributed by atoms with E-state index in [4.69, 9.17) is 4.74 Å². The van der Waals surface area contributed by atoms with Crippen molar-refractivity contribution in [2.75, 3.05) is 0 Å². The topological polar surface area (TPSA) is 39.2 Å². The van der Waals surface area contributed by atoms with Gasteiger partial charge in [-0.2, -0.15) is 0 Å². The fourth-order valence-electron chi connectivity index (χ4n) is 0.743. The first kappa shape index (κ1) is 9.19. The predicted molar refractivity (Wildman–Crippen MR) is 48.0 cm³/mol. The van der Waals surface area contributed by atoms with E-state index in [1.807, 2.05) is 6.92 Å². The van der Waals surface area contributed by atoms with Gasteiger partial charge in [0.15, 0.2) is 5.75 Å². The minimum Gasteiger partial charge on any atom is -0.424 e. The van der Waals surface area contributed by atoms with Crippen LogP contribution in [0.4, 0.5) is 0 Å². The summed E-state index contributed by atoms with van der Waals surface area (Å²) in [5, 5.41) is 0. The summed E-state index contributed by atoms with van der Waals surface area (Å²) in [4.78, 5) is 14.6. The van der Waals surface area contributed by atoms with E-state index in [1.165, 1.54) is 6.92 Å². The van der Waals surface area contributed by atoms with Gasteiger partial charge in [-0.3, -0.25) is 4.79 Å². The molecule has 1 aromatic heterocycles. The molecule has 0 bridgehead atoms. The molecule has 0 aliphatic rings. The van der Waals surface area contributed by atoms with Crippen molar-refractivity contribution < 1.29 is 9.53 Å². The van der Waals surface area contributed by atoms with Crippen LogP contribution in [-0.4, -0.2) is 11.0 Å². The van der Waals surface area contributed by atoms with Crippen molar-refractivity contribution in [3.05, 3.63) is 22.4 Å². The largest absolute Gasteiger partial charge is 0.424 e. The van der Waals surface area contributed by atoms with Gasteiger partial charge in [0.2, 0.25) is 0 Å². The van der Waals surface area contributed by atoms with Gasteiger partial charge in [0.25, 0.3) is 0 Å². The molecule has 0 radical (unpaired) electrons. The van der Waals surface area contributed by atoms with Crippen molar-refractivity contribution in [3.8, 4) is 5.75 Å². The molecule has 0 saturated carbocycles. The first-order valence-corrected chi connectivity index (χ1v) is 4.20. The maximum Gasteiger partial charge on any atom is 0.308 e. The Labute approximate surface area is 78.9 Å². The quantitative estimate of drug-likeness (QED) is 0.547. The number of rotatable bonds is 1. The number of esters is 1. The van der Waals surface area contributed by atoms with Crippen LogP contribution >= 0.6 is 15.9 Å². The zero-order valence-corrected chi connectivity index (χ0v) is 8.38. The van der Waals surface area contributed by atoms with Gasteiger partial charge in [0.1, 0.15) is 4.60 Å². The molecule has 0 aliphatic carbocycles. The van der Waals surface area contributed by atoms with Crippen molar-refractivity contribution in [1.82, 2.24) is 4.98 Å². The van der Waals surface area contributed by atoms with Crippen LogP contribution in [0.3, 0.4) is 0 Å². The lowest BCUT2D eigenvalue weighted by Crippen LogP contribution is -2.02. The fraction of sp³-hybridized carbons (Fsp3) is 0.250. The predicted octanol–water partition coefficient (Wildman–Crippen LogP) is 2.08. The molecular formula is C8H8BrNO2. The first-order chi connectivity index (χ1) is 5.59. The molecule has 0 atom stereocenters. The van der Waals surface area contributed by atoms with Crippen molar-refractivity contribution in [1.29, 1.82) is 0 Å². The summed E-state index contributed by atoms with van der Waals surface area (Å²) in [7, 11) is 0. The second-order valence-electron chi connectivity index (χ2n) is 2.34. The first-order valence-electron chi connectivity index (χ1n) is 3.41. The number of carbonyl (C=O) groups is 1. The Balaban J connectivity index is 2.93. The van der Waals surface area contributed by atoms with Crippen molar-refractivity contribution in [3.63, 3.8) is 0 Å². The average Bonchev–Trinajstić information content (AvgIpc) is 1.94. The third kappa shape index (κ3) is 2.30. The molecule has 3 nitrogen and oxygen atoms in total. The zero-order chi connectivity index (χ0) is 9.14. The number of halogens is 1. The van der Waals surface area contributed by atoms with E-state index in [9.17, 15) is 4.79 Å². The van der Waals surface area contributed by atoms with Crippen LogP contribution < -0.4 is 4.74 Å². The molecule has 1 heterocycles. The molecule has 0 N–H and O–H groups in total. The second-order valence-corrected chi connectivity index (χ2v) is 3.09.